The topological polar surface area (TPSA) is 69.0 Å². The normalized spacial score (nSPS) is 10.7. The summed E-state index contributed by atoms with van der Waals surface area (Å²) in [6.45, 7) is 2.65. The lowest BCUT2D eigenvalue weighted by molar-refractivity contribution is 0.414. The summed E-state index contributed by atoms with van der Waals surface area (Å²) in [4.78, 5) is 15.4. The second-order valence-corrected chi connectivity index (χ2v) is 5.62. The van der Waals surface area contributed by atoms with Gasteiger partial charge < -0.3 is 9.64 Å². The molecule has 0 unspecified atom stereocenters. The SMILES string of the molecule is COc1cccc(CN(C)c2ncc(C)c(-c3ncnn3C)n2)c1. The fourth-order valence-corrected chi connectivity index (χ4v) is 2.47. The maximum absolute atomic E-state index is 5.27. The van der Waals surface area contributed by atoms with Crippen LogP contribution in [-0.2, 0) is 13.6 Å². The van der Waals surface area contributed by atoms with E-state index in [1.807, 2.05) is 50.3 Å². The fraction of sp³-hybridized carbons (Fsp3) is 0.294. The number of benzene rings is 1. The standard InChI is InChI=1S/C17H20N6O/c1-12-9-18-17(21-15(12)16-19-11-20-23(16)3)22(2)10-13-6-5-7-14(8-13)24-4/h5-9,11H,10H2,1-4H3. The van der Waals surface area contributed by atoms with E-state index in [9.17, 15) is 0 Å². The van der Waals surface area contributed by atoms with E-state index in [4.69, 9.17) is 4.74 Å². The van der Waals surface area contributed by atoms with Crippen molar-refractivity contribution in [3.8, 4) is 17.3 Å². The number of hydrogen-bond donors (Lipinski definition) is 0. The number of ether oxygens (including phenoxy) is 1. The van der Waals surface area contributed by atoms with Gasteiger partial charge in [0.2, 0.25) is 5.95 Å². The van der Waals surface area contributed by atoms with Crippen molar-refractivity contribution in [2.75, 3.05) is 19.1 Å². The van der Waals surface area contributed by atoms with Gasteiger partial charge in [0.1, 0.15) is 17.8 Å². The molecule has 0 spiro atoms. The van der Waals surface area contributed by atoms with Gasteiger partial charge in [-0.1, -0.05) is 12.1 Å². The van der Waals surface area contributed by atoms with Crippen molar-refractivity contribution in [2.24, 2.45) is 7.05 Å². The summed E-state index contributed by atoms with van der Waals surface area (Å²) in [6.07, 6.45) is 3.34. The number of hydrogen-bond acceptors (Lipinski definition) is 6. The summed E-state index contributed by atoms with van der Waals surface area (Å²) in [5, 5.41) is 4.11. The van der Waals surface area contributed by atoms with E-state index < -0.39 is 0 Å². The van der Waals surface area contributed by atoms with Crippen LogP contribution in [0, 0.1) is 6.92 Å². The average Bonchev–Trinajstić information content (AvgIpc) is 3.01. The lowest BCUT2D eigenvalue weighted by Crippen LogP contribution is -2.19. The third kappa shape index (κ3) is 3.19. The number of anilines is 1. The second kappa shape index (κ2) is 6.66. The molecule has 0 radical (unpaired) electrons. The first kappa shape index (κ1) is 15.9. The minimum Gasteiger partial charge on any atom is -0.497 e. The molecule has 0 saturated heterocycles. The largest absolute Gasteiger partial charge is 0.497 e. The lowest BCUT2D eigenvalue weighted by Gasteiger charge is -2.18. The Morgan fingerprint density at radius 2 is 2.08 bits per heavy atom. The average molecular weight is 324 g/mol. The molecular formula is C17H20N6O. The Kier molecular flexibility index (Phi) is 4.41. The van der Waals surface area contributed by atoms with E-state index in [0.717, 1.165) is 28.4 Å². The minimum absolute atomic E-state index is 0.640. The molecule has 0 N–H and O–H groups in total. The number of aromatic nitrogens is 5. The first-order chi connectivity index (χ1) is 11.6. The van der Waals surface area contributed by atoms with Crippen molar-refractivity contribution in [3.05, 3.63) is 47.9 Å². The van der Waals surface area contributed by atoms with E-state index >= 15 is 0 Å². The van der Waals surface area contributed by atoms with E-state index in [1.54, 1.807) is 11.8 Å². The molecule has 24 heavy (non-hydrogen) atoms. The number of rotatable bonds is 5. The fourth-order valence-electron chi connectivity index (χ4n) is 2.47. The van der Waals surface area contributed by atoms with Crippen LogP contribution in [0.1, 0.15) is 11.1 Å². The Labute approximate surface area is 141 Å². The highest BCUT2D eigenvalue weighted by atomic mass is 16.5. The Balaban J connectivity index is 1.87. The third-order valence-electron chi connectivity index (χ3n) is 3.78. The lowest BCUT2D eigenvalue weighted by atomic mass is 10.2. The Bertz CT molecular complexity index is 845. The third-order valence-corrected chi connectivity index (χ3v) is 3.78. The molecule has 0 bridgehead atoms. The van der Waals surface area contributed by atoms with Crippen molar-refractivity contribution in [3.63, 3.8) is 0 Å². The number of nitrogens with zero attached hydrogens (tertiary/aromatic N) is 6. The molecule has 0 aliphatic heterocycles. The van der Waals surface area contributed by atoms with Gasteiger partial charge in [0.25, 0.3) is 0 Å². The smallest absolute Gasteiger partial charge is 0.226 e. The van der Waals surface area contributed by atoms with Crippen LogP contribution >= 0.6 is 0 Å². The number of methoxy groups -OCH3 is 1. The predicted octanol–water partition coefficient (Wildman–Crippen LogP) is 2.23. The van der Waals surface area contributed by atoms with Crippen LogP contribution in [0.5, 0.6) is 5.75 Å². The van der Waals surface area contributed by atoms with Crippen molar-refractivity contribution < 1.29 is 4.74 Å². The molecule has 124 valence electrons. The van der Waals surface area contributed by atoms with Gasteiger partial charge in [0, 0.05) is 26.8 Å². The first-order valence-electron chi connectivity index (χ1n) is 7.60. The molecule has 0 amide bonds. The zero-order valence-corrected chi connectivity index (χ0v) is 14.3. The summed E-state index contributed by atoms with van der Waals surface area (Å²) in [7, 11) is 5.48. The molecule has 0 saturated carbocycles. The second-order valence-electron chi connectivity index (χ2n) is 5.62. The molecule has 3 rings (SSSR count). The minimum atomic E-state index is 0.640. The van der Waals surface area contributed by atoms with Crippen LogP contribution in [0.3, 0.4) is 0 Å². The van der Waals surface area contributed by atoms with Crippen LogP contribution in [0.15, 0.2) is 36.8 Å². The van der Waals surface area contributed by atoms with Gasteiger partial charge in [-0.15, -0.1) is 0 Å². The molecule has 7 heteroatoms. The molecular weight excluding hydrogens is 304 g/mol. The monoisotopic (exact) mass is 324 g/mol. The van der Waals surface area contributed by atoms with E-state index in [0.29, 0.717) is 12.5 Å². The maximum atomic E-state index is 5.27. The van der Waals surface area contributed by atoms with Gasteiger partial charge >= 0.3 is 0 Å². The van der Waals surface area contributed by atoms with Gasteiger partial charge in [-0.25, -0.2) is 19.6 Å². The van der Waals surface area contributed by atoms with Crippen molar-refractivity contribution in [2.45, 2.75) is 13.5 Å². The highest BCUT2D eigenvalue weighted by Gasteiger charge is 2.14. The zero-order chi connectivity index (χ0) is 17.1. The molecule has 3 aromatic rings. The van der Waals surface area contributed by atoms with Gasteiger partial charge in [0.05, 0.1) is 7.11 Å². The summed E-state index contributed by atoms with van der Waals surface area (Å²) in [5.74, 6) is 2.21. The zero-order valence-electron chi connectivity index (χ0n) is 14.3. The van der Waals surface area contributed by atoms with Crippen molar-refractivity contribution in [1.29, 1.82) is 0 Å². The van der Waals surface area contributed by atoms with Crippen molar-refractivity contribution in [1.82, 2.24) is 24.7 Å². The molecule has 0 atom stereocenters. The van der Waals surface area contributed by atoms with Gasteiger partial charge in [-0.2, -0.15) is 5.10 Å². The Hall–Kier alpha value is -2.96. The molecule has 7 nitrogen and oxygen atoms in total. The molecule has 2 heterocycles. The summed E-state index contributed by atoms with van der Waals surface area (Å²) in [6, 6.07) is 7.96. The van der Waals surface area contributed by atoms with E-state index in [2.05, 4.69) is 26.1 Å². The highest BCUT2D eigenvalue weighted by Crippen LogP contribution is 2.21. The van der Waals surface area contributed by atoms with Gasteiger partial charge in [-0.3, -0.25) is 0 Å². The summed E-state index contributed by atoms with van der Waals surface area (Å²) in [5.41, 5.74) is 2.88. The molecule has 0 aliphatic rings. The Morgan fingerprint density at radius 1 is 1.25 bits per heavy atom. The van der Waals surface area contributed by atoms with Crippen LogP contribution in [-0.4, -0.2) is 38.9 Å². The molecule has 0 fully saturated rings. The summed E-state index contributed by atoms with van der Waals surface area (Å²) < 4.78 is 6.98. The van der Waals surface area contributed by atoms with Gasteiger partial charge in [-0.05, 0) is 30.2 Å². The van der Waals surface area contributed by atoms with Crippen LogP contribution in [0.4, 0.5) is 5.95 Å². The van der Waals surface area contributed by atoms with E-state index in [1.165, 1.54) is 6.33 Å². The quantitative estimate of drug-likeness (QED) is 0.717. The van der Waals surface area contributed by atoms with E-state index in [-0.39, 0.29) is 0 Å². The molecule has 2 aromatic heterocycles. The van der Waals surface area contributed by atoms with Crippen LogP contribution in [0.2, 0.25) is 0 Å². The predicted molar refractivity (Wildman–Crippen MR) is 91.9 cm³/mol. The first-order valence-corrected chi connectivity index (χ1v) is 7.60. The molecule has 0 aliphatic carbocycles. The molecule has 1 aromatic carbocycles. The highest BCUT2D eigenvalue weighted by molar-refractivity contribution is 5.56. The summed E-state index contributed by atoms with van der Waals surface area (Å²) >= 11 is 0. The van der Waals surface area contributed by atoms with Crippen LogP contribution in [0.25, 0.3) is 11.5 Å². The number of aryl methyl sites for hydroxylation is 2. The van der Waals surface area contributed by atoms with Crippen LogP contribution < -0.4 is 9.64 Å². The Morgan fingerprint density at radius 3 is 2.79 bits per heavy atom. The maximum Gasteiger partial charge on any atom is 0.226 e. The van der Waals surface area contributed by atoms with Crippen molar-refractivity contribution >= 4 is 5.95 Å². The van der Waals surface area contributed by atoms with Gasteiger partial charge in [0.15, 0.2) is 5.82 Å².